The van der Waals surface area contributed by atoms with Crippen molar-refractivity contribution in [1.82, 2.24) is 0 Å². The van der Waals surface area contributed by atoms with Crippen LogP contribution in [0.3, 0.4) is 0 Å². The Labute approximate surface area is 147 Å². The molecule has 9 N–H and O–H groups in total. The minimum atomic E-state index is -1.08. The highest BCUT2D eigenvalue weighted by Crippen LogP contribution is 2.22. The van der Waals surface area contributed by atoms with Gasteiger partial charge >= 0.3 is 0 Å². The molecule has 0 aromatic heterocycles. The molecule has 26 heavy (non-hydrogen) atoms. The van der Waals surface area contributed by atoms with Gasteiger partial charge in [0.05, 0.1) is 22.4 Å². The SMILES string of the molecule is N=C(c1ccc(C(N)=O)cc1)c1ccc(C(N)=O)c(C(N)=O)c1C(N)=O. The Morgan fingerprint density at radius 1 is 0.577 bits per heavy atom. The lowest BCUT2D eigenvalue weighted by atomic mass is 9.89. The lowest BCUT2D eigenvalue weighted by Crippen LogP contribution is -2.28. The fourth-order valence-corrected chi connectivity index (χ4v) is 2.48. The average Bonchev–Trinajstić information content (AvgIpc) is 2.59. The summed E-state index contributed by atoms with van der Waals surface area (Å²) in [6.07, 6.45) is 0. The first-order valence-electron chi connectivity index (χ1n) is 7.20. The molecule has 0 aliphatic carbocycles. The number of primary amides is 4. The molecule has 0 bridgehead atoms. The molecule has 0 atom stereocenters. The van der Waals surface area contributed by atoms with Gasteiger partial charge < -0.3 is 22.9 Å². The normalized spacial score (nSPS) is 10.2. The van der Waals surface area contributed by atoms with E-state index < -0.39 is 29.2 Å². The van der Waals surface area contributed by atoms with E-state index >= 15 is 0 Å². The molecule has 0 unspecified atom stereocenters. The Balaban J connectivity index is 2.69. The lowest BCUT2D eigenvalue weighted by Gasteiger charge is -2.14. The molecule has 0 radical (unpaired) electrons. The maximum absolute atomic E-state index is 11.9. The van der Waals surface area contributed by atoms with Gasteiger partial charge in [0.25, 0.3) is 0 Å². The zero-order valence-corrected chi connectivity index (χ0v) is 13.4. The van der Waals surface area contributed by atoms with Gasteiger partial charge in [0.15, 0.2) is 0 Å². The fraction of sp³-hybridized carbons (Fsp3) is 0. The Bertz CT molecular complexity index is 964. The molecule has 4 amide bonds. The summed E-state index contributed by atoms with van der Waals surface area (Å²) in [6, 6.07) is 8.16. The number of nitrogens with one attached hydrogen (secondary N) is 1. The zero-order chi connectivity index (χ0) is 19.6. The van der Waals surface area contributed by atoms with Crippen LogP contribution in [-0.2, 0) is 0 Å². The van der Waals surface area contributed by atoms with Crippen LogP contribution in [0.4, 0.5) is 0 Å². The number of benzene rings is 2. The molecule has 0 fully saturated rings. The van der Waals surface area contributed by atoms with Gasteiger partial charge in [0.1, 0.15) is 0 Å². The molecule has 0 saturated heterocycles. The average molecular weight is 353 g/mol. The van der Waals surface area contributed by atoms with Crippen molar-refractivity contribution in [2.24, 2.45) is 22.9 Å². The minimum Gasteiger partial charge on any atom is -0.366 e. The molecule has 2 rings (SSSR count). The quantitative estimate of drug-likeness (QED) is 0.436. The van der Waals surface area contributed by atoms with E-state index in [0.29, 0.717) is 5.56 Å². The summed E-state index contributed by atoms with van der Waals surface area (Å²) in [4.78, 5) is 46.3. The summed E-state index contributed by atoms with van der Waals surface area (Å²) in [5, 5.41) is 8.31. The van der Waals surface area contributed by atoms with E-state index in [1.165, 1.54) is 36.4 Å². The summed E-state index contributed by atoms with van der Waals surface area (Å²) < 4.78 is 0. The van der Waals surface area contributed by atoms with Gasteiger partial charge in [0.2, 0.25) is 23.6 Å². The molecule has 9 nitrogen and oxygen atoms in total. The van der Waals surface area contributed by atoms with E-state index in [-0.39, 0.29) is 28.0 Å². The molecular weight excluding hydrogens is 338 g/mol. The number of hydrogen-bond donors (Lipinski definition) is 5. The van der Waals surface area contributed by atoms with Gasteiger partial charge in [-0.15, -0.1) is 0 Å². The van der Waals surface area contributed by atoms with Crippen molar-refractivity contribution in [3.8, 4) is 0 Å². The summed E-state index contributed by atoms with van der Waals surface area (Å²) in [6.45, 7) is 0. The van der Waals surface area contributed by atoms with E-state index in [9.17, 15) is 19.2 Å². The highest BCUT2D eigenvalue weighted by molar-refractivity contribution is 6.22. The number of carbonyl (C=O) groups excluding carboxylic acids is 4. The van der Waals surface area contributed by atoms with Crippen molar-refractivity contribution in [3.63, 3.8) is 0 Å². The van der Waals surface area contributed by atoms with E-state index in [2.05, 4.69) is 0 Å². The van der Waals surface area contributed by atoms with Gasteiger partial charge in [-0.05, 0) is 18.2 Å². The number of amides is 4. The van der Waals surface area contributed by atoms with E-state index in [4.69, 9.17) is 28.3 Å². The molecule has 0 saturated carbocycles. The van der Waals surface area contributed by atoms with Crippen LogP contribution in [0, 0.1) is 5.41 Å². The van der Waals surface area contributed by atoms with Gasteiger partial charge in [0, 0.05) is 16.7 Å². The van der Waals surface area contributed by atoms with Gasteiger partial charge in [-0.2, -0.15) is 0 Å². The fourth-order valence-electron chi connectivity index (χ4n) is 2.48. The Morgan fingerprint density at radius 2 is 1.00 bits per heavy atom. The number of rotatable bonds is 6. The second kappa shape index (κ2) is 6.85. The molecule has 0 aliphatic rings. The predicted octanol–water partition coefficient (Wildman–Crippen LogP) is -0.502. The maximum Gasteiger partial charge on any atom is 0.250 e. The van der Waals surface area contributed by atoms with Crippen molar-refractivity contribution in [2.45, 2.75) is 0 Å². The smallest absolute Gasteiger partial charge is 0.250 e. The second-order valence-corrected chi connectivity index (χ2v) is 5.32. The molecule has 0 spiro atoms. The summed E-state index contributed by atoms with van der Waals surface area (Å²) in [7, 11) is 0. The van der Waals surface area contributed by atoms with Crippen LogP contribution in [0.1, 0.15) is 52.6 Å². The van der Waals surface area contributed by atoms with Crippen molar-refractivity contribution >= 4 is 29.3 Å². The third-order valence-corrected chi connectivity index (χ3v) is 3.69. The molecule has 2 aromatic carbocycles. The first kappa shape index (κ1) is 18.3. The highest BCUT2D eigenvalue weighted by Gasteiger charge is 2.25. The second-order valence-electron chi connectivity index (χ2n) is 5.32. The van der Waals surface area contributed by atoms with Crippen LogP contribution in [0.15, 0.2) is 36.4 Å². The van der Waals surface area contributed by atoms with Crippen LogP contribution in [0.2, 0.25) is 0 Å². The largest absolute Gasteiger partial charge is 0.366 e. The standard InChI is InChI=1S/C17H15N5O4/c18-13(7-1-3-8(4-2-7)14(19)23)9-5-6-10(15(20)24)12(17(22)26)11(9)16(21)25/h1-6,18H,(H2,19,23)(H2,20,24)(H2,21,25)(H2,22,26). The highest BCUT2D eigenvalue weighted by atomic mass is 16.2. The van der Waals surface area contributed by atoms with Crippen molar-refractivity contribution < 1.29 is 19.2 Å². The van der Waals surface area contributed by atoms with Crippen LogP contribution in [0.25, 0.3) is 0 Å². The molecular formula is C17H15N5O4. The first-order valence-corrected chi connectivity index (χ1v) is 7.20. The monoisotopic (exact) mass is 353 g/mol. The van der Waals surface area contributed by atoms with E-state index in [0.717, 1.165) is 0 Å². The number of nitrogens with two attached hydrogens (primary N) is 4. The Hall–Kier alpha value is -4.01. The van der Waals surface area contributed by atoms with Crippen LogP contribution >= 0.6 is 0 Å². The molecule has 9 heteroatoms. The van der Waals surface area contributed by atoms with Crippen LogP contribution in [-0.4, -0.2) is 29.3 Å². The van der Waals surface area contributed by atoms with Crippen LogP contribution < -0.4 is 22.9 Å². The molecule has 132 valence electrons. The van der Waals surface area contributed by atoms with Gasteiger partial charge in [-0.1, -0.05) is 18.2 Å². The van der Waals surface area contributed by atoms with Gasteiger partial charge in [-0.25, -0.2) is 0 Å². The van der Waals surface area contributed by atoms with Crippen LogP contribution in [0.5, 0.6) is 0 Å². The summed E-state index contributed by atoms with van der Waals surface area (Å²) in [5.41, 5.74) is 20.3. The van der Waals surface area contributed by atoms with E-state index in [1.807, 2.05) is 0 Å². The van der Waals surface area contributed by atoms with Crippen molar-refractivity contribution in [1.29, 1.82) is 5.41 Å². The maximum atomic E-state index is 11.9. The van der Waals surface area contributed by atoms with Crippen molar-refractivity contribution in [3.05, 3.63) is 69.8 Å². The number of carbonyl (C=O) groups is 4. The molecule has 0 aliphatic heterocycles. The third kappa shape index (κ3) is 3.26. The lowest BCUT2D eigenvalue weighted by molar-refractivity contribution is 0.0954. The molecule has 0 heterocycles. The third-order valence-electron chi connectivity index (χ3n) is 3.69. The molecule has 2 aromatic rings. The Morgan fingerprint density at radius 3 is 1.42 bits per heavy atom. The number of hydrogen-bond acceptors (Lipinski definition) is 5. The summed E-state index contributed by atoms with van der Waals surface area (Å²) >= 11 is 0. The topological polar surface area (TPSA) is 196 Å². The summed E-state index contributed by atoms with van der Waals surface area (Å²) in [5.74, 6) is -3.73. The Kier molecular flexibility index (Phi) is 4.83. The van der Waals surface area contributed by atoms with Gasteiger partial charge in [-0.3, -0.25) is 24.6 Å². The van der Waals surface area contributed by atoms with Crippen molar-refractivity contribution in [2.75, 3.05) is 0 Å². The first-order chi connectivity index (χ1) is 12.1. The zero-order valence-electron chi connectivity index (χ0n) is 13.4. The van der Waals surface area contributed by atoms with E-state index in [1.54, 1.807) is 0 Å². The predicted molar refractivity (Wildman–Crippen MR) is 92.9 cm³/mol. The minimum absolute atomic E-state index is 0.0110.